The van der Waals surface area contributed by atoms with Crippen molar-refractivity contribution < 1.29 is 44.1 Å². The Kier molecular flexibility index (Phi) is 5.00. The summed E-state index contributed by atoms with van der Waals surface area (Å²) in [5.41, 5.74) is -0.935. The molecule has 0 aromatic carbocycles. The van der Waals surface area contributed by atoms with Gasteiger partial charge in [0.2, 0.25) is 5.91 Å². The van der Waals surface area contributed by atoms with Crippen LogP contribution >= 0.6 is 0 Å². The molecule has 0 aromatic rings. The van der Waals surface area contributed by atoms with E-state index >= 15 is 0 Å². The topological polar surface area (TPSA) is 124 Å². The third-order valence-corrected chi connectivity index (χ3v) is 3.72. The van der Waals surface area contributed by atoms with Crippen molar-refractivity contribution in [2.75, 3.05) is 20.3 Å². The van der Waals surface area contributed by atoms with E-state index in [2.05, 4.69) is 9.78 Å². The second-order valence-corrected chi connectivity index (χ2v) is 5.17. The first kappa shape index (κ1) is 17.1. The molecular weight excluding hydrogens is 302 g/mol. The van der Waals surface area contributed by atoms with Crippen LogP contribution in [0.25, 0.3) is 0 Å². The minimum Gasteiger partial charge on any atom is -0.479 e. The third-order valence-electron chi connectivity index (χ3n) is 3.72. The smallest absolute Gasteiger partial charge is 0.333 e. The van der Waals surface area contributed by atoms with Gasteiger partial charge in [-0.05, 0) is 6.92 Å². The number of rotatable bonds is 7. The number of nitrogens with zero attached hydrogens (tertiary/aromatic N) is 1. The molecule has 0 aromatic heterocycles. The van der Waals surface area contributed by atoms with Gasteiger partial charge in [0.05, 0.1) is 13.7 Å². The number of carboxylic acid groups (broad SMARTS) is 1. The van der Waals surface area contributed by atoms with Gasteiger partial charge >= 0.3 is 5.97 Å². The number of fused-ring (bicyclic) bond motifs is 1. The van der Waals surface area contributed by atoms with Crippen molar-refractivity contribution in [3.05, 3.63) is 0 Å². The SMILES string of the molecule is COOC1C2N(C(C)=O)[C@]2(C)OC(CO)[C@H]1OOCC(=O)O. The van der Waals surface area contributed by atoms with Crippen LogP contribution in [0.1, 0.15) is 13.8 Å². The second-order valence-electron chi connectivity index (χ2n) is 5.17. The number of amides is 1. The van der Waals surface area contributed by atoms with Gasteiger partial charge in [0.15, 0.2) is 18.4 Å². The molecule has 5 atom stereocenters. The minimum absolute atomic E-state index is 0.235. The molecule has 0 aliphatic carbocycles. The van der Waals surface area contributed by atoms with Gasteiger partial charge in [0.1, 0.15) is 18.2 Å². The molecule has 22 heavy (non-hydrogen) atoms. The summed E-state index contributed by atoms with van der Waals surface area (Å²) in [6.07, 6.45) is -2.65. The fourth-order valence-corrected chi connectivity index (χ4v) is 2.89. The minimum atomic E-state index is -1.22. The normalized spacial score (nSPS) is 36.8. The largest absolute Gasteiger partial charge is 0.479 e. The van der Waals surface area contributed by atoms with Crippen LogP contribution < -0.4 is 0 Å². The molecule has 10 heteroatoms. The summed E-state index contributed by atoms with van der Waals surface area (Å²) in [6, 6.07) is -0.494. The maximum atomic E-state index is 11.7. The number of ether oxygens (including phenoxy) is 1. The number of carboxylic acids is 1. The van der Waals surface area contributed by atoms with Crippen LogP contribution in [0.15, 0.2) is 0 Å². The van der Waals surface area contributed by atoms with Crippen LogP contribution in [0.5, 0.6) is 0 Å². The first-order chi connectivity index (χ1) is 10.4. The molecule has 126 valence electrons. The summed E-state index contributed by atoms with van der Waals surface area (Å²) < 4.78 is 5.68. The van der Waals surface area contributed by atoms with Crippen LogP contribution in [0.3, 0.4) is 0 Å². The zero-order chi connectivity index (χ0) is 16.5. The summed E-state index contributed by atoms with van der Waals surface area (Å²) in [7, 11) is 1.29. The first-order valence-corrected chi connectivity index (χ1v) is 6.65. The Morgan fingerprint density at radius 2 is 2.00 bits per heavy atom. The van der Waals surface area contributed by atoms with Crippen molar-refractivity contribution in [3.8, 4) is 0 Å². The number of carbonyl (C=O) groups excluding carboxylic acids is 1. The highest BCUT2D eigenvalue weighted by Gasteiger charge is 2.73. The van der Waals surface area contributed by atoms with E-state index in [1.807, 2.05) is 0 Å². The van der Waals surface area contributed by atoms with Gasteiger partial charge in [-0.1, -0.05) is 0 Å². The van der Waals surface area contributed by atoms with Crippen LogP contribution in [0.4, 0.5) is 0 Å². The molecular formula is C12H19NO9. The van der Waals surface area contributed by atoms with E-state index < -0.39 is 49.3 Å². The molecule has 0 bridgehead atoms. The van der Waals surface area contributed by atoms with Crippen molar-refractivity contribution in [3.63, 3.8) is 0 Å². The summed E-state index contributed by atoms with van der Waals surface area (Å²) >= 11 is 0. The zero-order valence-electron chi connectivity index (χ0n) is 12.4. The molecule has 3 unspecified atom stereocenters. The van der Waals surface area contributed by atoms with Crippen LogP contribution in [0.2, 0.25) is 0 Å². The molecule has 2 heterocycles. The lowest BCUT2D eigenvalue weighted by atomic mass is 9.99. The highest BCUT2D eigenvalue weighted by atomic mass is 17.2. The second kappa shape index (κ2) is 6.44. The third kappa shape index (κ3) is 2.93. The maximum absolute atomic E-state index is 11.7. The Balaban J connectivity index is 2.15. The first-order valence-electron chi connectivity index (χ1n) is 6.65. The molecule has 2 aliphatic heterocycles. The predicted octanol–water partition coefficient (Wildman–Crippen LogP) is -1.33. The van der Waals surface area contributed by atoms with E-state index in [-0.39, 0.29) is 5.91 Å². The van der Waals surface area contributed by atoms with E-state index in [0.29, 0.717) is 0 Å². The number of carbonyl (C=O) groups is 2. The predicted molar refractivity (Wildman–Crippen MR) is 67.0 cm³/mol. The average molecular weight is 321 g/mol. The van der Waals surface area contributed by atoms with Crippen LogP contribution in [-0.2, 0) is 33.9 Å². The fourth-order valence-electron chi connectivity index (χ4n) is 2.89. The Labute approximate surface area is 126 Å². The molecule has 2 fully saturated rings. The fraction of sp³-hybridized carbons (Fsp3) is 0.833. The standard InChI is InChI=1S/C12H19NO9/c1-6(15)13-11-10(21-18-3)9(22-19-5-8(16)17)7(4-14)20-12(11,13)2/h7,9-11,14H,4-5H2,1-3H3,(H,16,17)/t7?,9-,10?,11?,12-,13?/m1/s1. The molecule has 2 aliphatic rings. The van der Waals surface area contributed by atoms with Crippen molar-refractivity contribution >= 4 is 11.9 Å². The van der Waals surface area contributed by atoms with Crippen molar-refractivity contribution in [1.29, 1.82) is 0 Å². The Morgan fingerprint density at radius 1 is 1.32 bits per heavy atom. The van der Waals surface area contributed by atoms with Crippen molar-refractivity contribution in [1.82, 2.24) is 4.90 Å². The molecule has 0 spiro atoms. The van der Waals surface area contributed by atoms with Crippen LogP contribution in [0, 0.1) is 0 Å². The van der Waals surface area contributed by atoms with E-state index in [0.717, 1.165) is 0 Å². The zero-order valence-corrected chi connectivity index (χ0v) is 12.4. The maximum Gasteiger partial charge on any atom is 0.333 e. The summed E-state index contributed by atoms with van der Waals surface area (Å²) in [6.45, 7) is 1.94. The summed E-state index contributed by atoms with van der Waals surface area (Å²) in [5, 5.41) is 18.0. The number of aliphatic carboxylic acids is 1. The molecule has 0 radical (unpaired) electrons. The van der Waals surface area contributed by atoms with Gasteiger partial charge < -0.3 is 19.8 Å². The number of aliphatic hydroxyl groups is 1. The Hall–Kier alpha value is -1.30. The highest BCUT2D eigenvalue weighted by molar-refractivity contribution is 5.78. The van der Waals surface area contributed by atoms with E-state index in [9.17, 15) is 14.7 Å². The van der Waals surface area contributed by atoms with Crippen LogP contribution in [-0.4, -0.2) is 77.4 Å². The van der Waals surface area contributed by atoms with E-state index in [1.54, 1.807) is 6.92 Å². The van der Waals surface area contributed by atoms with Gasteiger partial charge in [-0.15, -0.1) is 0 Å². The van der Waals surface area contributed by atoms with Gasteiger partial charge in [-0.25, -0.2) is 24.3 Å². The molecule has 0 saturated carbocycles. The molecule has 1 amide bonds. The van der Waals surface area contributed by atoms with Gasteiger partial charge in [0, 0.05) is 6.92 Å². The Morgan fingerprint density at radius 3 is 2.50 bits per heavy atom. The monoisotopic (exact) mass is 321 g/mol. The van der Waals surface area contributed by atoms with E-state index in [1.165, 1.54) is 18.9 Å². The quantitative estimate of drug-likeness (QED) is 0.333. The van der Waals surface area contributed by atoms with E-state index in [4.69, 9.17) is 19.6 Å². The lowest BCUT2D eigenvalue weighted by Crippen LogP contribution is -2.54. The van der Waals surface area contributed by atoms with Gasteiger partial charge in [0.25, 0.3) is 0 Å². The lowest BCUT2D eigenvalue weighted by molar-refractivity contribution is -0.405. The molecule has 2 saturated heterocycles. The highest BCUT2D eigenvalue weighted by Crippen LogP contribution is 2.51. The van der Waals surface area contributed by atoms with Gasteiger partial charge in [-0.2, -0.15) is 0 Å². The average Bonchev–Trinajstić information content (AvgIpc) is 3.06. The lowest BCUT2D eigenvalue weighted by Gasteiger charge is -2.35. The summed E-state index contributed by atoms with van der Waals surface area (Å²) in [5.74, 6) is -1.45. The number of hydrogen-bond donors (Lipinski definition) is 2. The molecule has 2 rings (SSSR count). The Bertz CT molecular complexity index is 444. The number of aliphatic hydroxyl groups excluding tert-OH is 1. The molecule has 10 nitrogen and oxygen atoms in total. The summed E-state index contributed by atoms with van der Waals surface area (Å²) in [4.78, 5) is 43.0. The molecule has 2 N–H and O–H groups in total. The van der Waals surface area contributed by atoms with Crippen molar-refractivity contribution in [2.45, 2.75) is 43.9 Å². The number of hydrogen-bond acceptors (Lipinski definition) is 8. The van der Waals surface area contributed by atoms with Gasteiger partial charge in [-0.3, -0.25) is 4.79 Å². The van der Waals surface area contributed by atoms with Crippen molar-refractivity contribution in [2.24, 2.45) is 0 Å².